The smallest absolute Gasteiger partial charge is 0.184 e. The molecule has 0 radical (unpaired) electrons. The first kappa shape index (κ1) is 36.9. The molecule has 0 aliphatic carbocycles. The van der Waals surface area contributed by atoms with Gasteiger partial charge < -0.3 is 4.98 Å². The summed E-state index contributed by atoms with van der Waals surface area (Å²) in [5, 5.41) is 6.51. The summed E-state index contributed by atoms with van der Waals surface area (Å²) in [5.74, 6) is -0.196. The average molecular weight is 771 g/mol. The summed E-state index contributed by atoms with van der Waals surface area (Å²) in [4.78, 5) is 13.2. The van der Waals surface area contributed by atoms with Crippen molar-refractivity contribution in [1.29, 1.82) is 0 Å². The molecule has 0 unspecified atom stereocenters. The minimum absolute atomic E-state index is 0.0300. The van der Waals surface area contributed by atoms with Crippen LogP contribution in [-0.4, -0.2) is 38.9 Å². The maximum absolute atomic E-state index is 15.2. The molecule has 12 heteroatoms. The molecule has 0 fully saturated rings. The van der Waals surface area contributed by atoms with Crippen molar-refractivity contribution in [2.75, 3.05) is 5.75 Å². The van der Waals surface area contributed by atoms with Crippen LogP contribution in [0.3, 0.4) is 0 Å². The second-order valence-electron chi connectivity index (χ2n) is 14.0. The van der Waals surface area contributed by atoms with E-state index in [4.69, 9.17) is 10.1 Å². The SMILES string of the molecule is C=CS(=O)(=O)CC(C)(C)CCC[C@](C)(c1cccc(CC(C)C)c1)c1nc(-c2cc(Sc3c(F)c(F)c4[nH]ccc4c3Br)ccn2)n(C)n1. The standard InChI is InChI=1S/C37H42BrF2N5O2S2/c1-8-49(46,47)22-36(4,5)15-10-16-37(6,25-12-9-11-24(20-25)19-23(2)3)35-43-34(45(7)44-35)28-21-26(13-17-41-28)48-33-29(38)27-14-18-42-32(27)30(39)31(33)40/h8-9,11-14,17-18,20-21,23,42H,1,10,15-16,19,22H2,2-7H3/t37-/m1/s1. The Morgan fingerprint density at radius 3 is 2.57 bits per heavy atom. The van der Waals surface area contributed by atoms with E-state index in [0.717, 1.165) is 35.6 Å². The van der Waals surface area contributed by atoms with E-state index in [-0.39, 0.29) is 16.2 Å². The third kappa shape index (κ3) is 8.18. The molecule has 0 spiro atoms. The number of halogens is 3. The number of nitrogens with one attached hydrogen (secondary N) is 1. The molecule has 7 nitrogen and oxygen atoms in total. The molecule has 0 saturated heterocycles. The number of hydrogen-bond donors (Lipinski definition) is 1. The Hall–Kier alpha value is -3.35. The van der Waals surface area contributed by atoms with Crippen molar-refractivity contribution in [3.63, 3.8) is 0 Å². The predicted octanol–water partition coefficient (Wildman–Crippen LogP) is 9.81. The van der Waals surface area contributed by atoms with Crippen LogP contribution < -0.4 is 0 Å². The zero-order valence-corrected chi connectivity index (χ0v) is 31.9. The van der Waals surface area contributed by atoms with Crippen LogP contribution in [-0.2, 0) is 28.7 Å². The average Bonchev–Trinajstić information content (AvgIpc) is 3.69. The Bertz CT molecular complexity index is 2110. The van der Waals surface area contributed by atoms with Crippen LogP contribution in [0.25, 0.3) is 22.4 Å². The molecule has 5 aromatic rings. The lowest BCUT2D eigenvalue weighted by Gasteiger charge is -2.30. The van der Waals surface area contributed by atoms with Gasteiger partial charge in [0.15, 0.2) is 33.1 Å². The maximum atomic E-state index is 15.2. The summed E-state index contributed by atoms with van der Waals surface area (Å²) in [6, 6.07) is 13.8. The van der Waals surface area contributed by atoms with Gasteiger partial charge in [-0.05, 0) is 82.8 Å². The van der Waals surface area contributed by atoms with Crippen LogP contribution in [0.15, 0.2) is 81.1 Å². The molecular formula is C37H42BrF2N5O2S2. The number of sulfone groups is 1. The molecule has 0 aliphatic rings. The van der Waals surface area contributed by atoms with Gasteiger partial charge in [0.05, 0.1) is 21.6 Å². The summed E-state index contributed by atoms with van der Waals surface area (Å²) in [7, 11) is -1.53. The van der Waals surface area contributed by atoms with Gasteiger partial charge >= 0.3 is 0 Å². The van der Waals surface area contributed by atoms with E-state index in [0.29, 0.717) is 50.9 Å². The fourth-order valence-electron chi connectivity index (χ4n) is 6.30. The molecule has 260 valence electrons. The molecule has 0 aliphatic heterocycles. The zero-order valence-electron chi connectivity index (χ0n) is 28.6. The van der Waals surface area contributed by atoms with Gasteiger partial charge in [-0.25, -0.2) is 26.9 Å². The van der Waals surface area contributed by atoms with E-state index >= 15 is 4.39 Å². The number of aromatic nitrogens is 5. The minimum Gasteiger partial charge on any atom is -0.359 e. The summed E-state index contributed by atoms with van der Waals surface area (Å²) in [6.07, 6.45) is 6.24. The Kier molecular flexibility index (Phi) is 10.9. The maximum Gasteiger partial charge on any atom is 0.184 e. The van der Waals surface area contributed by atoms with Gasteiger partial charge in [-0.2, -0.15) is 5.10 Å². The molecule has 2 aromatic carbocycles. The van der Waals surface area contributed by atoms with Crippen LogP contribution in [0.5, 0.6) is 0 Å². The van der Waals surface area contributed by atoms with E-state index < -0.39 is 32.3 Å². The molecule has 5 rings (SSSR count). The number of benzene rings is 2. The van der Waals surface area contributed by atoms with Crippen LogP contribution in [0, 0.1) is 23.0 Å². The lowest BCUT2D eigenvalue weighted by molar-refractivity contribution is 0.338. The molecular weight excluding hydrogens is 728 g/mol. The Morgan fingerprint density at radius 1 is 1.10 bits per heavy atom. The fourth-order valence-corrected chi connectivity index (χ4v) is 9.31. The highest BCUT2D eigenvalue weighted by molar-refractivity contribution is 9.10. The lowest BCUT2D eigenvalue weighted by Crippen LogP contribution is -2.28. The normalized spacial score (nSPS) is 13.7. The number of hydrogen-bond acceptors (Lipinski definition) is 6. The van der Waals surface area contributed by atoms with Gasteiger partial charge in [-0.1, -0.05) is 76.7 Å². The molecule has 0 amide bonds. The van der Waals surface area contributed by atoms with Gasteiger partial charge in [0, 0.05) is 39.6 Å². The Balaban J connectivity index is 1.49. The van der Waals surface area contributed by atoms with Crippen molar-refractivity contribution in [3.8, 4) is 11.5 Å². The second-order valence-corrected chi connectivity index (χ2v) is 17.8. The quantitative estimate of drug-likeness (QED) is 0.113. The highest BCUT2D eigenvalue weighted by Gasteiger charge is 2.35. The van der Waals surface area contributed by atoms with Gasteiger partial charge in [0.2, 0.25) is 0 Å². The van der Waals surface area contributed by atoms with Crippen molar-refractivity contribution in [2.24, 2.45) is 18.4 Å². The summed E-state index contributed by atoms with van der Waals surface area (Å²) in [5.41, 5.74) is 1.92. The largest absolute Gasteiger partial charge is 0.359 e. The third-order valence-electron chi connectivity index (χ3n) is 8.82. The minimum atomic E-state index is -3.35. The van der Waals surface area contributed by atoms with Crippen molar-refractivity contribution in [3.05, 3.63) is 99.9 Å². The summed E-state index contributed by atoms with van der Waals surface area (Å²) < 4.78 is 56.9. The Labute approximate surface area is 300 Å². The van der Waals surface area contributed by atoms with Crippen molar-refractivity contribution in [2.45, 2.75) is 75.5 Å². The predicted molar refractivity (Wildman–Crippen MR) is 197 cm³/mol. The van der Waals surface area contributed by atoms with E-state index in [1.165, 1.54) is 5.56 Å². The second kappa shape index (κ2) is 14.5. The number of aryl methyl sites for hydroxylation is 1. The van der Waals surface area contributed by atoms with Crippen LogP contribution in [0.1, 0.15) is 70.8 Å². The molecule has 49 heavy (non-hydrogen) atoms. The number of H-pyrrole nitrogens is 1. The van der Waals surface area contributed by atoms with E-state index in [9.17, 15) is 12.8 Å². The van der Waals surface area contributed by atoms with Gasteiger partial charge in [0.1, 0.15) is 5.69 Å². The molecule has 1 atom stereocenters. The first-order valence-electron chi connectivity index (χ1n) is 16.2. The van der Waals surface area contributed by atoms with Gasteiger partial charge in [0.25, 0.3) is 0 Å². The van der Waals surface area contributed by atoms with Gasteiger partial charge in [-0.3, -0.25) is 4.98 Å². The molecule has 1 N–H and O–H groups in total. The number of nitrogens with zero attached hydrogens (tertiary/aromatic N) is 4. The van der Waals surface area contributed by atoms with Crippen LogP contribution >= 0.6 is 27.7 Å². The fraction of sp³-hybridized carbons (Fsp3) is 0.378. The summed E-state index contributed by atoms with van der Waals surface area (Å²) >= 11 is 4.57. The Morgan fingerprint density at radius 2 is 1.86 bits per heavy atom. The van der Waals surface area contributed by atoms with Crippen molar-refractivity contribution in [1.82, 2.24) is 24.7 Å². The number of rotatable bonds is 14. The van der Waals surface area contributed by atoms with E-state index in [2.05, 4.69) is 77.5 Å². The molecule has 0 bridgehead atoms. The van der Waals surface area contributed by atoms with Crippen molar-refractivity contribution < 1.29 is 17.2 Å². The molecule has 3 heterocycles. The topological polar surface area (TPSA) is 93.5 Å². The van der Waals surface area contributed by atoms with Gasteiger partial charge in [-0.15, -0.1) is 0 Å². The van der Waals surface area contributed by atoms with Crippen LogP contribution in [0.4, 0.5) is 8.78 Å². The third-order valence-corrected chi connectivity index (χ3v) is 12.7. The zero-order chi connectivity index (χ0) is 35.7. The first-order valence-corrected chi connectivity index (χ1v) is 19.5. The number of pyridine rings is 1. The summed E-state index contributed by atoms with van der Waals surface area (Å²) in [6.45, 7) is 13.9. The van der Waals surface area contributed by atoms with E-state index in [1.54, 1.807) is 35.3 Å². The number of aromatic amines is 1. The monoisotopic (exact) mass is 769 g/mol. The number of fused-ring (bicyclic) bond motifs is 1. The highest BCUT2D eigenvalue weighted by Crippen LogP contribution is 2.42. The van der Waals surface area contributed by atoms with Crippen molar-refractivity contribution >= 4 is 48.4 Å². The van der Waals surface area contributed by atoms with Crippen LogP contribution in [0.2, 0.25) is 0 Å². The first-order chi connectivity index (χ1) is 23.0. The van der Waals surface area contributed by atoms with E-state index in [1.807, 2.05) is 20.9 Å². The lowest BCUT2D eigenvalue weighted by atomic mass is 9.75. The molecule has 3 aromatic heterocycles. The molecule has 0 saturated carbocycles. The highest BCUT2D eigenvalue weighted by atomic mass is 79.9.